The van der Waals surface area contributed by atoms with Crippen molar-refractivity contribution in [1.82, 2.24) is 5.32 Å². The number of benzene rings is 2. The van der Waals surface area contributed by atoms with E-state index in [2.05, 4.69) is 12.2 Å². The van der Waals surface area contributed by atoms with E-state index in [1.807, 2.05) is 43.3 Å². The lowest BCUT2D eigenvalue weighted by Crippen LogP contribution is -2.25. The molecule has 0 saturated carbocycles. The summed E-state index contributed by atoms with van der Waals surface area (Å²) in [6.07, 6.45) is 1.69. The van der Waals surface area contributed by atoms with Crippen molar-refractivity contribution in [3.05, 3.63) is 70.0 Å². The second kappa shape index (κ2) is 7.58. The van der Waals surface area contributed by atoms with Crippen LogP contribution in [-0.2, 0) is 6.42 Å². The van der Waals surface area contributed by atoms with Crippen molar-refractivity contribution in [2.75, 3.05) is 6.54 Å². The number of halogens is 2. The molecule has 0 aliphatic carbocycles. The molecule has 0 aliphatic heterocycles. The first-order valence-electron chi connectivity index (χ1n) is 7.34. The smallest absolute Gasteiger partial charge is 0.128 e. The van der Waals surface area contributed by atoms with E-state index in [9.17, 15) is 4.39 Å². The number of rotatable bonds is 6. The van der Waals surface area contributed by atoms with Crippen LogP contribution >= 0.6 is 11.6 Å². The van der Waals surface area contributed by atoms with Gasteiger partial charge in [-0.25, -0.2) is 4.39 Å². The largest absolute Gasteiger partial charge is 0.310 e. The van der Waals surface area contributed by atoms with Crippen molar-refractivity contribution in [1.29, 1.82) is 0 Å². The van der Waals surface area contributed by atoms with Crippen LogP contribution in [0.3, 0.4) is 0 Å². The second-order valence-corrected chi connectivity index (χ2v) is 5.73. The molecule has 0 aromatic heterocycles. The Kier molecular flexibility index (Phi) is 5.77. The average Bonchev–Trinajstić information content (AvgIpc) is 2.46. The van der Waals surface area contributed by atoms with Gasteiger partial charge < -0.3 is 5.32 Å². The summed E-state index contributed by atoms with van der Waals surface area (Å²) in [7, 11) is 0. The van der Waals surface area contributed by atoms with Crippen LogP contribution in [-0.4, -0.2) is 6.54 Å². The molecule has 1 N–H and O–H groups in total. The molecule has 1 atom stereocenters. The third-order valence-electron chi connectivity index (χ3n) is 3.55. The molecule has 0 bridgehead atoms. The van der Waals surface area contributed by atoms with Crippen LogP contribution in [0.4, 0.5) is 4.39 Å². The topological polar surface area (TPSA) is 12.0 Å². The van der Waals surface area contributed by atoms with E-state index in [1.54, 1.807) is 6.07 Å². The van der Waals surface area contributed by atoms with Gasteiger partial charge in [0.2, 0.25) is 0 Å². The van der Waals surface area contributed by atoms with Crippen molar-refractivity contribution in [3.8, 4) is 0 Å². The maximum Gasteiger partial charge on any atom is 0.128 e. The molecule has 0 radical (unpaired) electrons. The van der Waals surface area contributed by atoms with Gasteiger partial charge in [0.25, 0.3) is 0 Å². The summed E-state index contributed by atoms with van der Waals surface area (Å²) < 4.78 is 14.3. The van der Waals surface area contributed by atoms with Crippen LogP contribution in [0.2, 0.25) is 5.02 Å². The Morgan fingerprint density at radius 3 is 2.62 bits per heavy atom. The zero-order valence-corrected chi connectivity index (χ0v) is 13.3. The molecule has 112 valence electrons. The summed E-state index contributed by atoms with van der Waals surface area (Å²) in [6.45, 7) is 4.85. The molecule has 0 amide bonds. The Bertz CT molecular complexity index is 598. The highest BCUT2D eigenvalue weighted by Gasteiger charge is 2.17. The molecule has 2 aromatic carbocycles. The molecule has 0 heterocycles. The standard InChI is InChI=1S/C18H21ClFN/c1-3-10-21-18(12-14-6-4-5-7-16(14)19)15-9-8-13(2)11-17(15)20/h4-9,11,18,21H,3,10,12H2,1-2H3. The minimum absolute atomic E-state index is 0.0644. The first-order valence-corrected chi connectivity index (χ1v) is 7.72. The van der Waals surface area contributed by atoms with Crippen molar-refractivity contribution in [2.45, 2.75) is 32.7 Å². The molecular formula is C18H21ClFN. The summed E-state index contributed by atoms with van der Waals surface area (Å²) in [4.78, 5) is 0. The van der Waals surface area contributed by atoms with E-state index in [4.69, 9.17) is 11.6 Å². The van der Waals surface area contributed by atoms with Gasteiger partial charge in [-0.1, -0.05) is 48.9 Å². The predicted molar refractivity (Wildman–Crippen MR) is 87.3 cm³/mol. The van der Waals surface area contributed by atoms with Crippen LogP contribution in [0.1, 0.15) is 36.1 Å². The minimum atomic E-state index is -0.157. The quantitative estimate of drug-likeness (QED) is 0.785. The zero-order valence-electron chi connectivity index (χ0n) is 12.5. The van der Waals surface area contributed by atoms with Crippen molar-refractivity contribution in [2.24, 2.45) is 0 Å². The summed E-state index contributed by atoms with van der Waals surface area (Å²) in [6, 6.07) is 13.1. The van der Waals surface area contributed by atoms with Crippen molar-refractivity contribution in [3.63, 3.8) is 0 Å². The van der Waals surface area contributed by atoms with E-state index in [0.29, 0.717) is 12.0 Å². The summed E-state index contributed by atoms with van der Waals surface area (Å²) >= 11 is 6.23. The molecule has 0 aliphatic rings. The average molecular weight is 306 g/mol. The Labute approximate surface area is 131 Å². The summed E-state index contributed by atoms with van der Waals surface area (Å²) in [5.74, 6) is -0.157. The van der Waals surface area contributed by atoms with Gasteiger partial charge in [-0.3, -0.25) is 0 Å². The maximum atomic E-state index is 14.3. The molecule has 1 unspecified atom stereocenters. The highest BCUT2D eigenvalue weighted by molar-refractivity contribution is 6.31. The highest BCUT2D eigenvalue weighted by atomic mass is 35.5. The molecule has 0 fully saturated rings. The summed E-state index contributed by atoms with van der Waals surface area (Å²) in [5.41, 5.74) is 2.67. The van der Waals surface area contributed by atoms with E-state index in [1.165, 1.54) is 0 Å². The molecule has 2 aromatic rings. The Balaban J connectivity index is 2.27. The molecule has 3 heteroatoms. The van der Waals surface area contributed by atoms with Crippen LogP contribution < -0.4 is 5.32 Å². The molecule has 0 saturated heterocycles. The minimum Gasteiger partial charge on any atom is -0.310 e. The van der Waals surface area contributed by atoms with Crippen LogP contribution in [0.5, 0.6) is 0 Å². The molecule has 2 rings (SSSR count). The second-order valence-electron chi connectivity index (χ2n) is 5.33. The number of hydrogen-bond acceptors (Lipinski definition) is 1. The van der Waals surface area contributed by atoms with Gasteiger partial charge in [0.1, 0.15) is 5.82 Å². The Hall–Kier alpha value is -1.38. The molecular weight excluding hydrogens is 285 g/mol. The number of hydrogen-bond donors (Lipinski definition) is 1. The normalized spacial score (nSPS) is 12.4. The summed E-state index contributed by atoms with van der Waals surface area (Å²) in [5, 5.41) is 4.15. The first kappa shape index (κ1) is 16.0. The van der Waals surface area contributed by atoms with Crippen LogP contribution in [0, 0.1) is 12.7 Å². The van der Waals surface area contributed by atoms with Gasteiger partial charge in [0.05, 0.1) is 0 Å². The molecule has 0 spiro atoms. The van der Waals surface area contributed by atoms with Crippen molar-refractivity contribution < 1.29 is 4.39 Å². The van der Waals surface area contributed by atoms with Gasteiger partial charge in [-0.2, -0.15) is 0 Å². The third kappa shape index (κ3) is 4.29. The lowest BCUT2D eigenvalue weighted by Gasteiger charge is -2.20. The van der Waals surface area contributed by atoms with E-state index in [-0.39, 0.29) is 11.9 Å². The van der Waals surface area contributed by atoms with Gasteiger partial charge in [0.15, 0.2) is 0 Å². The van der Waals surface area contributed by atoms with E-state index >= 15 is 0 Å². The lowest BCUT2D eigenvalue weighted by atomic mass is 9.97. The predicted octanol–water partition coefficient (Wildman–Crippen LogP) is 5.07. The third-order valence-corrected chi connectivity index (χ3v) is 3.92. The van der Waals surface area contributed by atoms with E-state index < -0.39 is 0 Å². The fraction of sp³-hybridized carbons (Fsp3) is 0.333. The van der Waals surface area contributed by atoms with Crippen LogP contribution in [0.15, 0.2) is 42.5 Å². The van der Waals surface area contributed by atoms with Gasteiger partial charge >= 0.3 is 0 Å². The highest BCUT2D eigenvalue weighted by Crippen LogP contribution is 2.25. The molecule has 21 heavy (non-hydrogen) atoms. The van der Waals surface area contributed by atoms with Gasteiger partial charge in [0, 0.05) is 16.6 Å². The van der Waals surface area contributed by atoms with E-state index in [0.717, 1.165) is 29.1 Å². The maximum absolute atomic E-state index is 14.3. The fourth-order valence-corrected chi connectivity index (χ4v) is 2.62. The fourth-order valence-electron chi connectivity index (χ4n) is 2.41. The van der Waals surface area contributed by atoms with Crippen molar-refractivity contribution >= 4 is 11.6 Å². The number of aryl methyl sites for hydroxylation is 1. The Morgan fingerprint density at radius 2 is 1.95 bits per heavy atom. The van der Waals surface area contributed by atoms with Crippen LogP contribution in [0.25, 0.3) is 0 Å². The van der Waals surface area contributed by atoms with Gasteiger partial charge in [-0.15, -0.1) is 0 Å². The number of nitrogens with one attached hydrogen (secondary N) is 1. The molecule has 1 nitrogen and oxygen atoms in total. The lowest BCUT2D eigenvalue weighted by molar-refractivity contribution is 0.497. The monoisotopic (exact) mass is 305 g/mol. The first-order chi connectivity index (χ1) is 10.1. The zero-order chi connectivity index (χ0) is 15.2. The Morgan fingerprint density at radius 1 is 1.19 bits per heavy atom. The van der Waals surface area contributed by atoms with Gasteiger partial charge in [-0.05, 0) is 49.6 Å². The SMILES string of the molecule is CCCNC(Cc1ccccc1Cl)c1ccc(C)cc1F.